The highest BCUT2D eigenvalue weighted by molar-refractivity contribution is 6.32. The Morgan fingerprint density at radius 3 is 2.83 bits per heavy atom. The minimum absolute atomic E-state index is 0.0271. The molecule has 122 valence electrons. The van der Waals surface area contributed by atoms with Gasteiger partial charge in [0.25, 0.3) is 0 Å². The largest absolute Gasteiger partial charge is 0.486 e. The van der Waals surface area contributed by atoms with E-state index in [1.807, 2.05) is 0 Å². The number of ketones is 2. The molecule has 0 atom stereocenters. The number of hydrogen-bond acceptors (Lipinski definition) is 4. The Morgan fingerprint density at radius 2 is 2.12 bits per heavy atom. The lowest BCUT2D eigenvalue weighted by atomic mass is 10.1. The zero-order valence-electron chi connectivity index (χ0n) is 12.6. The van der Waals surface area contributed by atoms with Gasteiger partial charge in [-0.3, -0.25) is 9.59 Å². The molecule has 6 heteroatoms. The van der Waals surface area contributed by atoms with Crippen molar-refractivity contribution < 1.29 is 23.5 Å². The molecule has 0 fully saturated rings. The van der Waals surface area contributed by atoms with Gasteiger partial charge in [-0.05, 0) is 37.3 Å². The van der Waals surface area contributed by atoms with E-state index in [2.05, 4.69) is 0 Å². The Kier molecular flexibility index (Phi) is 4.36. The average Bonchev–Trinajstić information content (AvgIpc) is 2.85. The van der Waals surface area contributed by atoms with Gasteiger partial charge in [-0.25, -0.2) is 4.39 Å². The van der Waals surface area contributed by atoms with Crippen molar-refractivity contribution in [1.29, 1.82) is 0 Å². The number of allylic oxidation sites excluding steroid dienone is 1. The summed E-state index contributed by atoms with van der Waals surface area (Å²) in [4.78, 5) is 23.3. The van der Waals surface area contributed by atoms with E-state index in [1.165, 1.54) is 43.3 Å². The van der Waals surface area contributed by atoms with Gasteiger partial charge in [0, 0.05) is 11.6 Å². The van der Waals surface area contributed by atoms with Crippen molar-refractivity contribution in [3.05, 3.63) is 64.1 Å². The van der Waals surface area contributed by atoms with Gasteiger partial charge in [0.05, 0.1) is 10.6 Å². The number of carbonyl (C=O) groups excluding carboxylic acids is 2. The Bertz CT molecular complexity index is 853. The van der Waals surface area contributed by atoms with Gasteiger partial charge in [-0.2, -0.15) is 0 Å². The molecule has 1 heterocycles. The first-order valence-electron chi connectivity index (χ1n) is 7.10. The predicted molar refractivity (Wildman–Crippen MR) is 87.0 cm³/mol. The molecule has 0 saturated heterocycles. The maximum absolute atomic E-state index is 13.9. The van der Waals surface area contributed by atoms with Crippen LogP contribution in [0.4, 0.5) is 4.39 Å². The maximum atomic E-state index is 13.9. The Morgan fingerprint density at radius 1 is 1.33 bits per heavy atom. The standard InChI is InChI=1S/C18H12ClFO4/c1-10(21)9-23-11-5-6-12-16(7-11)24-17(18(12)22)8-13-14(19)3-2-4-15(13)20/h2-8H,9H2,1H3. The zero-order valence-corrected chi connectivity index (χ0v) is 13.4. The fraction of sp³-hybridized carbons (Fsp3) is 0.111. The third-order valence-corrected chi connectivity index (χ3v) is 3.69. The van der Waals surface area contributed by atoms with E-state index in [0.29, 0.717) is 17.1 Å². The molecule has 0 aliphatic carbocycles. The van der Waals surface area contributed by atoms with Crippen molar-refractivity contribution >= 4 is 29.2 Å². The predicted octanol–water partition coefficient (Wildman–Crippen LogP) is 4.06. The fourth-order valence-electron chi connectivity index (χ4n) is 2.22. The number of halogens is 2. The highest BCUT2D eigenvalue weighted by Gasteiger charge is 2.28. The molecule has 2 aromatic rings. The molecule has 0 amide bonds. The Balaban J connectivity index is 1.90. The van der Waals surface area contributed by atoms with E-state index < -0.39 is 5.82 Å². The van der Waals surface area contributed by atoms with E-state index in [9.17, 15) is 14.0 Å². The molecule has 0 bridgehead atoms. The van der Waals surface area contributed by atoms with Gasteiger partial charge >= 0.3 is 0 Å². The molecule has 2 aromatic carbocycles. The number of hydrogen-bond donors (Lipinski definition) is 0. The zero-order chi connectivity index (χ0) is 17.3. The fourth-order valence-corrected chi connectivity index (χ4v) is 2.44. The first-order valence-corrected chi connectivity index (χ1v) is 7.48. The van der Waals surface area contributed by atoms with Crippen LogP contribution in [0.25, 0.3) is 6.08 Å². The van der Waals surface area contributed by atoms with E-state index >= 15 is 0 Å². The van der Waals surface area contributed by atoms with Crippen molar-refractivity contribution in [3.63, 3.8) is 0 Å². The van der Waals surface area contributed by atoms with Crippen LogP contribution in [-0.4, -0.2) is 18.2 Å². The third kappa shape index (κ3) is 3.16. The third-order valence-electron chi connectivity index (χ3n) is 3.36. The summed E-state index contributed by atoms with van der Waals surface area (Å²) in [5, 5.41) is 0.181. The van der Waals surface area contributed by atoms with Crippen LogP contribution in [0.3, 0.4) is 0 Å². The topological polar surface area (TPSA) is 52.6 Å². The smallest absolute Gasteiger partial charge is 0.231 e. The second-order valence-corrected chi connectivity index (χ2v) is 5.63. The molecule has 0 saturated carbocycles. The molecule has 3 rings (SSSR count). The number of Topliss-reactive ketones (excluding diaryl/α,β-unsaturated/α-hetero) is 2. The average molecular weight is 347 g/mol. The van der Waals surface area contributed by atoms with Crippen LogP contribution in [0.5, 0.6) is 11.5 Å². The molecule has 1 aliphatic rings. The van der Waals surface area contributed by atoms with Gasteiger partial charge in [-0.1, -0.05) is 17.7 Å². The quantitative estimate of drug-likeness (QED) is 0.783. The van der Waals surface area contributed by atoms with Crippen LogP contribution in [-0.2, 0) is 4.79 Å². The number of ether oxygens (including phenoxy) is 2. The minimum atomic E-state index is -0.548. The van der Waals surface area contributed by atoms with Crippen LogP contribution in [0.1, 0.15) is 22.8 Å². The van der Waals surface area contributed by atoms with Crippen LogP contribution >= 0.6 is 11.6 Å². The summed E-state index contributed by atoms with van der Waals surface area (Å²) >= 11 is 5.96. The van der Waals surface area contributed by atoms with Crippen LogP contribution in [0.15, 0.2) is 42.2 Å². The molecule has 0 unspecified atom stereocenters. The number of benzene rings is 2. The molecule has 4 nitrogen and oxygen atoms in total. The van der Waals surface area contributed by atoms with Crippen molar-refractivity contribution in [2.45, 2.75) is 6.92 Å². The molecule has 0 N–H and O–H groups in total. The van der Waals surface area contributed by atoms with Crippen molar-refractivity contribution in [2.24, 2.45) is 0 Å². The van der Waals surface area contributed by atoms with Crippen molar-refractivity contribution in [2.75, 3.05) is 6.61 Å². The molecule has 0 spiro atoms. The Hall–Kier alpha value is -2.66. The van der Waals surface area contributed by atoms with Gasteiger partial charge < -0.3 is 9.47 Å². The van der Waals surface area contributed by atoms with E-state index in [0.717, 1.165) is 0 Å². The van der Waals surface area contributed by atoms with E-state index in [4.69, 9.17) is 21.1 Å². The minimum Gasteiger partial charge on any atom is -0.486 e. The number of fused-ring (bicyclic) bond motifs is 1. The second kappa shape index (κ2) is 6.45. The van der Waals surface area contributed by atoms with E-state index in [-0.39, 0.29) is 34.5 Å². The summed E-state index contributed by atoms with van der Waals surface area (Å²) < 4.78 is 24.6. The van der Waals surface area contributed by atoms with E-state index in [1.54, 1.807) is 6.07 Å². The highest BCUT2D eigenvalue weighted by Crippen LogP contribution is 2.35. The van der Waals surface area contributed by atoms with Gasteiger partial charge in [0.1, 0.15) is 23.9 Å². The van der Waals surface area contributed by atoms with Crippen LogP contribution in [0, 0.1) is 5.82 Å². The normalized spacial score (nSPS) is 14.5. The molecule has 0 aromatic heterocycles. The molecule has 24 heavy (non-hydrogen) atoms. The SMILES string of the molecule is CC(=O)COc1ccc2c(c1)OC(=Cc1c(F)cccc1Cl)C2=O. The molecular formula is C18H12ClFO4. The van der Waals surface area contributed by atoms with Crippen LogP contribution in [0.2, 0.25) is 5.02 Å². The lowest BCUT2D eigenvalue weighted by Gasteiger charge is -2.05. The monoisotopic (exact) mass is 346 g/mol. The first-order chi connectivity index (χ1) is 11.5. The summed E-state index contributed by atoms with van der Waals surface area (Å²) in [6.45, 7) is 1.34. The van der Waals surface area contributed by atoms with Gasteiger partial charge in [0.15, 0.2) is 11.5 Å². The molecule has 0 radical (unpaired) electrons. The van der Waals surface area contributed by atoms with Gasteiger partial charge in [-0.15, -0.1) is 0 Å². The van der Waals surface area contributed by atoms with Crippen molar-refractivity contribution in [3.8, 4) is 11.5 Å². The number of carbonyl (C=O) groups is 2. The number of rotatable bonds is 4. The maximum Gasteiger partial charge on any atom is 0.231 e. The lowest BCUT2D eigenvalue weighted by Crippen LogP contribution is -2.06. The second-order valence-electron chi connectivity index (χ2n) is 5.22. The van der Waals surface area contributed by atoms with Gasteiger partial charge in [0.2, 0.25) is 5.78 Å². The highest BCUT2D eigenvalue weighted by atomic mass is 35.5. The first kappa shape index (κ1) is 16.2. The summed E-state index contributed by atoms with van der Waals surface area (Å²) in [5.41, 5.74) is 0.423. The lowest BCUT2D eigenvalue weighted by molar-refractivity contribution is -0.118. The van der Waals surface area contributed by atoms with Crippen LogP contribution < -0.4 is 9.47 Å². The summed E-state index contributed by atoms with van der Waals surface area (Å²) in [5.74, 6) is -0.375. The summed E-state index contributed by atoms with van der Waals surface area (Å²) in [6, 6.07) is 8.87. The van der Waals surface area contributed by atoms with Crippen molar-refractivity contribution in [1.82, 2.24) is 0 Å². The summed E-state index contributed by atoms with van der Waals surface area (Å²) in [6.07, 6.45) is 1.27. The summed E-state index contributed by atoms with van der Waals surface area (Å²) in [7, 11) is 0. The molecular weight excluding hydrogens is 335 g/mol. The molecule has 1 aliphatic heterocycles. The Labute approximate surface area is 142 Å².